The van der Waals surface area contributed by atoms with E-state index in [9.17, 15) is 9.59 Å². The molecule has 32 heavy (non-hydrogen) atoms. The minimum atomic E-state index is -0.527. The number of rotatable bonds is 9. The molecule has 3 N–H and O–H groups in total. The zero-order chi connectivity index (χ0) is 23.4. The number of hydrogen-bond acceptors (Lipinski definition) is 4. The molecule has 0 fully saturated rings. The number of hydrogen-bond donors (Lipinski definition) is 3. The summed E-state index contributed by atoms with van der Waals surface area (Å²) in [6.45, 7) is 8.67. The Morgan fingerprint density at radius 3 is 2.25 bits per heavy atom. The fraction of sp³-hybridized carbons (Fsp3) is 0.609. The lowest BCUT2D eigenvalue weighted by atomic mass is 10.1. The van der Waals surface area contributed by atoms with Gasteiger partial charge < -0.3 is 25.6 Å². The third-order valence-corrected chi connectivity index (χ3v) is 4.43. The second kappa shape index (κ2) is 14.9. The van der Waals surface area contributed by atoms with Gasteiger partial charge in [-0.1, -0.05) is 31.9 Å². The van der Waals surface area contributed by atoms with E-state index in [-0.39, 0.29) is 35.9 Å². The minimum Gasteiger partial charge on any atom is -0.444 e. The van der Waals surface area contributed by atoms with Crippen molar-refractivity contribution >= 4 is 41.9 Å². The Hall–Kier alpha value is -2.04. The average molecular weight is 562 g/mol. The highest BCUT2D eigenvalue weighted by Gasteiger charge is 2.18. The quantitative estimate of drug-likeness (QED) is 0.243. The van der Waals surface area contributed by atoms with Gasteiger partial charge >= 0.3 is 6.09 Å². The molecule has 9 heteroatoms. The Balaban J connectivity index is 0.00000961. The van der Waals surface area contributed by atoms with Crippen LogP contribution in [0.25, 0.3) is 0 Å². The number of ether oxygens (including phenoxy) is 1. The largest absolute Gasteiger partial charge is 0.444 e. The van der Waals surface area contributed by atoms with E-state index in [1.165, 1.54) is 0 Å². The second-order valence-electron chi connectivity index (χ2n) is 8.69. The van der Waals surface area contributed by atoms with Crippen molar-refractivity contribution in [3.05, 3.63) is 35.4 Å². The SMILES string of the molecule is CCCCC(CNC(=O)OC(C)(C)C)NC(=NC)NCc1ccc(C(=O)N(C)C)cc1.I. The lowest BCUT2D eigenvalue weighted by Gasteiger charge is -2.24. The number of carbonyl (C=O) groups is 2. The summed E-state index contributed by atoms with van der Waals surface area (Å²) in [6.07, 6.45) is 2.57. The minimum absolute atomic E-state index is 0. The lowest BCUT2D eigenvalue weighted by Crippen LogP contribution is -2.48. The van der Waals surface area contributed by atoms with E-state index in [2.05, 4.69) is 27.9 Å². The fourth-order valence-electron chi connectivity index (χ4n) is 2.79. The molecule has 0 saturated carbocycles. The highest BCUT2D eigenvalue weighted by Crippen LogP contribution is 2.08. The molecule has 0 bridgehead atoms. The molecule has 1 aromatic rings. The number of nitrogens with zero attached hydrogens (tertiary/aromatic N) is 2. The fourth-order valence-corrected chi connectivity index (χ4v) is 2.79. The van der Waals surface area contributed by atoms with Gasteiger partial charge in [0.05, 0.1) is 0 Å². The van der Waals surface area contributed by atoms with Crippen LogP contribution in [0.1, 0.15) is 62.9 Å². The molecule has 182 valence electrons. The molecule has 0 aliphatic rings. The summed E-state index contributed by atoms with van der Waals surface area (Å²) in [6, 6.07) is 7.53. The van der Waals surface area contributed by atoms with Gasteiger partial charge in [0.2, 0.25) is 0 Å². The van der Waals surface area contributed by atoms with Crippen molar-refractivity contribution in [2.75, 3.05) is 27.7 Å². The van der Waals surface area contributed by atoms with Gasteiger partial charge in [-0.25, -0.2) is 4.79 Å². The zero-order valence-corrected chi connectivity index (χ0v) is 22.8. The summed E-state index contributed by atoms with van der Waals surface area (Å²) in [7, 11) is 5.19. The van der Waals surface area contributed by atoms with Crippen molar-refractivity contribution in [3.8, 4) is 0 Å². The maximum atomic E-state index is 12.0. The van der Waals surface area contributed by atoms with Gasteiger partial charge in [0.15, 0.2) is 5.96 Å². The van der Waals surface area contributed by atoms with Crippen LogP contribution in [-0.4, -0.2) is 62.2 Å². The molecule has 0 saturated heterocycles. The Bertz CT molecular complexity index is 730. The number of carbonyl (C=O) groups excluding carboxylic acids is 2. The molecule has 0 aliphatic heterocycles. The first-order valence-electron chi connectivity index (χ1n) is 10.8. The van der Waals surface area contributed by atoms with Gasteiger partial charge in [0, 0.05) is 45.8 Å². The van der Waals surface area contributed by atoms with Crippen LogP contribution in [0.2, 0.25) is 0 Å². The molecule has 0 aromatic heterocycles. The molecular formula is C23H40IN5O3. The highest BCUT2D eigenvalue weighted by atomic mass is 127. The second-order valence-corrected chi connectivity index (χ2v) is 8.69. The van der Waals surface area contributed by atoms with E-state index >= 15 is 0 Å². The third-order valence-electron chi connectivity index (χ3n) is 4.43. The van der Waals surface area contributed by atoms with Crippen molar-refractivity contribution in [1.29, 1.82) is 0 Å². The van der Waals surface area contributed by atoms with Gasteiger partial charge in [0.1, 0.15) is 5.60 Å². The molecule has 1 rings (SSSR count). The smallest absolute Gasteiger partial charge is 0.407 e. The van der Waals surface area contributed by atoms with E-state index < -0.39 is 11.7 Å². The number of unbranched alkanes of at least 4 members (excludes halogenated alkanes) is 1. The molecule has 2 amide bonds. The van der Waals surface area contributed by atoms with E-state index in [1.807, 2.05) is 45.0 Å². The summed E-state index contributed by atoms with van der Waals surface area (Å²) in [5.74, 6) is 0.633. The van der Waals surface area contributed by atoms with E-state index in [0.717, 1.165) is 24.8 Å². The van der Waals surface area contributed by atoms with Crippen LogP contribution < -0.4 is 16.0 Å². The van der Waals surface area contributed by atoms with Gasteiger partial charge in [-0.3, -0.25) is 9.79 Å². The number of alkyl carbamates (subject to hydrolysis) is 1. The number of aliphatic imine (C=N–C) groups is 1. The third kappa shape index (κ3) is 12.1. The van der Waals surface area contributed by atoms with Crippen molar-refractivity contribution < 1.29 is 14.3 Å². The normalized spacial score (nSPS) is 12.3. The predicted molar refractivity (Wildman–Crippen MR) is 141 cm³/mol. The maximum absolute atomic E-state index is 12.0. The molecule has 0 radical (unpaired) electrons. The van der Waals surface area contributed by atoms with Crippen LogP contribution in [0.3, 0.4) is 0 Å². The van der Waals surface area contributed by atoms with Crippen LogP contribution in [0.5, 0.6) is 0 Å². The van der Waals surface area contributed by atoms with Crippen LogP contribution in [0.15, 0.2) is 29.3 Å². The van der Waals surface area contributed by atoms with Crippen LogP contribution >= 0.6 is 24.0 Å². The number of nitrogens with one attached hydrogen (secondary N) is 3. The highest BCUT2D eigenvalue weighted by molar-refractivity contribution is 14.0. The van der Waals surface area contributed by atoms with E-state index in [4.69, 9.17) is 4.74 Å². The number of benzene rings is 1. The maximum Gasteiger partial charge on any atom is 0.407 e. The summed E-state index contributed by atoms with van der Waals surface area (Å²) in [4.78, 5) is 29.8. The molecule has 8 nitrogen and oxygen atoms in total. The lowest BCUT2D eigenvalue weighted by molar-refractivity contribution is 0.0522. The first-order valence-corrected chi connectivity index (χ1v) is 10.8. The van der Waals surface area contributed by atoms with Gasteiger partial charge in [0.25, 0.3) is 5.91 Å². The van der Waals surface area contributed by atoms with Crippen molar-refractivity contribution in [3.63, 3.8) is 0 Å². The van der Waals surface area contributed by atoms with Crippen molar-refractivity contribution in [1.82, 2.24) is 20.9 Å². The van der Waals surface area contributed by atoms with E-state index in [1.54, 1.807) is 26.0 Å². The molecule has 1 aromatic carbocycles. The van der Waals surface area contributed by atoms with Gasteiger partial charge in [-0.05, 0) is 44.9 Å². The summed E-state index contributed by atoms with van der Waals surface area (Å²) < 4.78 is 5.32. The van der Waals surface area contributed by atoms with E-state index in [0.29, 0.717) is 24.6 Å². The van der Waals surface area contributed by atoms with Crippen LogP contribution in [-0.2, 0) is 11.3 Å². The molecule has 1 unspecified atom stereocenters. The van der Waals surface area contributed by atoms with Crippen molar-refractivity contribution in [2.24, 2.45) is 4.99 Å². The molecule has 0 aliphatic carbocycles. The summed E-state index contributed by atoms with van der Waals surface area (Å²) in [5, 5.41) is 9.50. The average Bonchev–Trinajstić information content (AvgIpc) is 2.71. The Kier molecular flexibility index (Phi) is 14.0. The Morgan fingerprint density at radius 2 is 1.75 bits per heavy atom. The van der Waals surface area contributed by atoms with Gasteiger partial charge in [-0.15, -0.1) is 24.0 Å². The van der Waals surface area contributed by atoms with Crippen LogP contribution in [0, 0.1) is 0 Å². The van der Waals surface area contributed by atoms with Crippen molar-refractivity contribution in [2.45, 2.75) is 65.1 Å². The number of guanidine groups is 1. The predicted octanol–water partition coefficient (Wildman–Crippen LogP) is 3.75. The number of amides is 2. The zero-order valence-electron chi connectivity index (χ0n) is 20.4. The Labute approximate surface area is 210 Å². The van der Waals surface area contributed by atoms with Gasteiger partial charge in [-0.2, -0.15) is 0 Å². The topological polar surface area (TPSA) is 95.1 Å². The van der Waals surface area contributed by atoms with Crippen LogP contribution in [0.4, 0.5) is 4.79 Å². The number of halogens is 1. The standard InChI is InChI=1S/C23H39N5O3.HI/c1-8-9-10-19(16-26-22(30)31-23(2,3)4)27-21(24-5)25-15-17-11-13-18(14-12-17)20(29)28(6)7;/h11-14,19H,8-10,15-16H2,1-7H3,(H,26,30)(H2,24,25,27);1H. The monoisotopic (exact) mass is 561 g/mol. The molecule has 0 spiro atoms. The molecule has 0 heterocycles. The molecule has 1 atom stereocenters. The molecular weight excluding hydrogens is 521 g/mol. The summed E-state index contributed by atoms with van der Waals surface area (Å²) in [5.41, 5.74) is 1.17. The summed E-state index contributed by atoms with van der Waals surface area (Å²) >= 11 is 0. The first kappa shape index (κ1) is 30.0. The Morgan fingerprint density at radius 1 is 1.12 bits per heavy atom. The first-order chi connectivity index (χ1) is 14.6.